The van der Waals surface area contributed by atoms with Crippen molar-refractivity contribution in [1.29, 1.82) is 0 Å². The lowest BCUT2D eigenvalue weighted by atomic mass is 10.2. The van der Waals surface area contributed by atoms with E-state index in [0.717, 1.165) is 31.9 Å². The van der Waals surface area contributed by atoms with Crippen LogP contribution < -0.4 is 10.2 Å². The highest BCUT2D eigenvalue weighted by molar-refractivity contribution is 5.41. The Bertz CT molecular complexity index is 343. The molecule has 1 aromatic rings. The first kappa shape index (κ1) is 14.7. The highest BCUT2D eigenvalue weighted by Crippen LogP contribution is 2.14. The summed E-state index contributed by atoms with van der Waals surface area (Å²) in [6.45, 7) is 13.1. The molecule has 0 bridgehead atoms. The van der Waals surface area contributed by atoms with Crippen molar-refractivity contribution in [3.8, 4) is 0 Å². The lowest BCUT2D eigenvalue weighted by molar-refractivity contribution is 0.672. The lowest BCUT2D eigenvalue weighted by Crippen LogP contribution is -2.31. The fraction of sp³-hybridized carbons (Fsp3) is 0.533. The van der Waals surface area contributed by atoms with E-state index < -0.39 is 0 Å². The summed E-state index contributed by atoms with van der Waals surface area (Å²) in [6, 6.07) is 4.66. The largest absolute Gasteiger partial charge is 0.350 e. The van der Waals surface area contributed by atoms with E-state index in [1.807, 2.05) is 12.3 Å². The Morgan fingerprint density at radius 3 is 2.72 bits per heavy atom. The number of pyridine rings is 1. The predicted molar refractivity (Wildman–Crippen MR) is 78.9 cm³/mol. The second kappa shape index (κ2) is 7.88. The van der Waals surface area contributed by atoms with Crippen LogP contribution in [0.2, 0.25) is 0 Å². The van der Waals surface area contributed by atoms with E-state index in [2.05, 4.69) is 54.7 Å². The SMILES string of the molecule is C=CCN(c1ccc(CNCCC)cn1)C(C)C. The van der Waals surface area contributed by atoms with Crippen molar-refractivity contribution in [2.75, 3.05) is 18.0 Å². The summed E-state index contributed by atoms with van der Waals surface area (Å²) in [7, 11) is 0. The Morgan fingerprint density at radius 2 is 2.22 bits per heavy atom. The van der Waals surface area contributed by atoms with Crippen molar-refractivity contribution in [3.05, 3.63) is 36.5 Å². The molecular formula is C15H25N3. The van der Waals surface area contributed by atoms with Crippen LogP contribution in [0.4, 0.5) is 5.82 Å². The number of hydrogen-bond acceptors (Lipinski definition) is 3. The second-order valence-electron chi connectivity index (χ2n) is 4.74. The summed E-state index contributed by atoms with van der Waals surface area (Å²) < 4.78 is 0. The molecule has 0 unspecified atom stereocenters. The Hall–Kier alpha value is -1.35. The van der Waals surface area contributed by atoms with Crippen molar-refractivity contribution >= 4 is 5.82 Å². The molecule has 0 aliphatic heterocycles. The minimum atomic E-state index is 0.430. The zero-order valence-electron chi connectivity index (χ0n) is 11.8. The van der Waals surface area contributed by atoms with E-state index in [9.17, 15) is 0 Å². The average molecular weight is 247 g/mol. The number of hydrogen-bond donors (Lipinski definition) is 1. The number of nitrogens with one attached hydrogen (secondary N) is 1. The average Bonchev–Trinajstić information content (AvgIpc) is 2.37. The van der Waals surface area contributed by atoms with Crippen LogP contribution >= 0.6 is 0 Å². The third-order valence-electron chi connectivity index (χ3n) is 2.81. The van der Waals surface area contributed by atoms with Crippen molar-refractivity contribution in [3.63, 3.8) is 0 Å². The van der Waals surface area contributed by atoms with E-state index in [-0.39, 0.29) is 0 Å². The molecule has 0 radical (unpaired) electrons. The van der Waals surface area contributed by atoms with Gasteiger partial charge in [0, 0.05) is 25.3 Å². The van der Waals surface area contributed by atoms with Gasteiger partial charge < -0.3 is 10.2 Å². The van der Waals surface area contributed by atoms with Crippen LogP contribution in [0.25, 0.3) is 0 Å². The molecule has 1 heterocycles. The molecule has 1 N–H and O–H groups in total. The van der Waals surface area contributed by atoms with Gasteiger partial charge in [-0.25, -0.2) is 4.98 Å². The van der Waals surface area contributed by atoms with Gasteiger partial charge in [0.1, 0.15) is 5.82 Å². The summed E-state index contributed by atoms with van der Waals surface area (Å²) in [5.74, 6) is 1.02. The Kier molecular flexibility index (Phi) is 6.44. The van der Waals surface area contributed by atoms with Gasteiger partial charge >= 0.3 is 0 Å². The molecule has 0 fully saturated rings. The zero-order valence-corrected chi connectivity index (χ0v) is 11.8. The zero-order chi connectivity index (χ0) is 13.4. The Labute approximate surface area is 111 Å². The monoisotopic (exact) mass is 247 g/mol. The third kappa shape index (κ3) is 4.49. The molecule has 3 nitrogen and oxygen atoms in total. The molecule has 1 aromatic heterocycles. The van der Waals surface area contributed by atoms with Gasteiger partial charge in [-0.15, -0.1) is 6.58 Å². The van der Waals surface area contributed by atoms with E-state index >= 15 is 0 Å². The minimum absolute atomic E-state index is 0.430. The summed E-state index contributed by atoms with van der Waals surface area (Å²) >= 11 is 0. The fourth-order valence-corrected chi connectivity index (χ4v) is 1.81. The van der Waals surface area contributed by atoms with Crippen molar-refractivity contribution in [2.45, 2.75) is 39.8 Å². The van der Waals surface area contributed by atoms with Gasteiger partial charge in [-0.2, -0.15) is 0 Å². The maximum atomic E-state index is 4.54. The normalized spacial score (nSPS) is 10.7. The minimum Gasteiger partial charge on any atom is -0.350 e. The first-order valence-electron chi connectivity index (χ1n) is 6.72. The van der Waals surface area contributed by atoms with E-state index in [4.69, 9.17) is 0 Å². The van der Waals surface area contributed by atoms with E-state index in [1.165, 1.54) is 5.56 Å². The highest BCUT2D eigenvalue weighted by atomic mass is 15.2. The van der Waals surface area contributed by atoms with E-state index in [0.29, 0.717) is 6.04 Å². The summed E-state index contributed by atoms with van der Waals surface area (Å²) in [4.78, 5) is 6.77. The topological polar surface area (TPSA) is 28.2 Å². The molecule has 0 aliphatic carbocycles. The number of aromatic nitrogens is 1. The predicted octanol–water partition coefficient (Wildman–Crippen LogP) is 2.98. The van der Waals surface area contributed by atoms with Gasteiger partial charge in [0.2, 0.25) is 0 Å². The standard InChI is InChI=1S/C15H25N3/c1-5-9-16-11-14-7-8-15(17-12-14)18(10-6-2)13(3)4/h6-8,12-13,16H,2,5,9-11H2,1,3-4H3. The van der Waals surface area contributed by atoms with Crippen molar-refractivity contribution < 1.29 is 0 Å². The molecule has 0 spiro atoms. The van der Waals surface area contributed by atoms with Gasteiger partial charge in [0.25, 0.3) is 0 Å². The molecule has 100 valence electrons. The lowest BCUT2D eigenvalue weighted by Gasteiger charge is -2.26. The van der Waals surface area contributed by atoms with Gasteiger partial charge in [-0.3, -0.25) is 0 Å². The smallest absolute Gasteiger partial charge is 0.128 e. The van der Waals surface area contributed by atoms with Gasteiger partial charge in [-0.05, 0) is 38.4 Å². The molecule has 0 saturated carbocycles. The van der Waals surface area contributed by atoms with Gasteiger partial charge in [-0.1, -0.05) is 19.1 Å². The van der Waals surface area contributed by atoms with Crippen molar-refractivity contribution in [1.82, 2.24) is 10.3 Å². The second-order valence-corrected chi connectivity index (χ2v) is 4.74. The van der Waals surface area contributed by atoms with Crippen LogP contribution in [0.1, 0.15) is 32.8 Å². The maximum Gasteiger partial charge on any atom is 0.128 e. The molecule has 0 aliphatic rings. The van der Waals surface area contributed by atoms with Gasteiger partial charge in [0.15, 0.2) is 0 Å². The number of nitrogens with zero attached hydrogens (tertiary/aromatic N) is 2. The third-order valence-corrected chi connectivity index (χ3v) is 2.81. The molecule has 1 rings (SSSR count). The molecule has 0 saturated heterocycles. The van der Waals surface area contributed by atoms with E-state index in [1.54, 1.807) is 0 Å². The van der Waals surface area contributed by atoms with Crippen LogP contribution in [-0.4, -0.2) is 24.1 Å². The fourth-order valence-electron chi connectivity index (χ4n) is 1.81. The highest BCUT2D eigenvalue weighted by Gasteiger charge is 2.09. The molecule has 3 heteroatoms. The molecule has 0 atom stereocenters. The number of anilines is 1. The molecule has 18 heavy (non-hydrogen) atoms. The Morgan fingerprint density at radius 1 is 1.44 bits per heavy atom. The molecule has 0 amide bonds. The Balaban J connectivity index is 2.65. The molecule has 0 aromatic carbocycles. The maximum absolute atomic E-state index is 4.54. The summed E-state index contributed by atoms with van der Waals surface area (Å²) in [5.41, 5.74) is 1.23. The van der Waals surface area contributed by atoms with Crippen molar-refractivity contribution in [2.24, 2.45) is 0 Å². The molecular weight excluding hydrogens is 222 g/mol. The van der Waals surface area contributed by atoms with Crippen LogP contribution in [0, 0.1) is 0 Å². The van der Waals surface area contributed by atoms with Gasteiger partial charge in [0.05, 0.1) is 0 Å². The number of rotatable bonds is 8. The summed E-state index contributed by atoms with van der Waals surface area (Å²) in [5, 5.41) is 3.38. The summed E-state index contributed by atoms with van der Waals surface area (Å²) in [6.07, 6.45) is 5.03. The quantitative estimate of drug-likeness (QED) is 0.565. The van der Waals surface area contributed by atoms with Crippen LogP contribution in [0.3, 0.4) is 0 Å². The first-order valence-corrected chi connectivity index (χ1v) is 6.72. The van der Waals surface area contributed by atoms with Crippen LogP contribution in [0.15, 0.2) is 31.0 Å². The van der Waals surface area contributed by atoms with Crippen LogP contribution in [0.5, 0.6) is 0 Å². The first-order chi connectivity index (χ1) is 8.69. The van der Waals surface area contributed by atoms with Crippen LogP contribution in [-0.2, 0) is 6.54 Å².